The van der Waals surface area contributed by atoms with Gasteiger partial charge in [0, 0.05) is 13.1 Å². The third kappa shape index (κ3) is 5.30. The van der Waals surface area contributed by atoms with E-state index in [1.807, 2.05) is 0 Å². The van der Waals surface area contributed by atoms with E-state index in [4.69, 9.17) is 9.84 Å². The zero-order valence-electron chi connectivity index (χ0n) is 16.2. The molecule has 0 bridgehead atoms. The number of morpholine rings is 1. The Morgan fingerprint density at radius 1 is 0.967 bits per heavy atom. The van der Waals surface area contributed by atoms with Gasteiger partial charge in [0.2, 0.25) is 5.91 Å². The molecule has 1 N–H and O–H groups in total. The van der Waals surface area contributed by atoms with Crippen LogP contribution >= 0.6 is 0 Å². The van der Waals surface area contributed by atoms with Gasteiger partial charge in [-0.1, -0.05) is 36.4 Å². The van der Waals surface area contributed by atoms with Gasteiger partial charge in [0.15, 0.2) is 0 Å². The minimum absolute atomic E-state index is 0.0491. The van der Waals surface area contributed by atoms with Crippen LogP contribution in [0, 0.1) is 0 Å². The molecule has 0 aliphatic carbocycles. The van der Waals surface area contributed by atoms with Crippen LogP contribution in [0.1, 0.15) is 31.8 Å². The van der Waals surface area contributed by atoms with Crippen LogP contribution in [-0.4, -0.2) is 60.1 Å². The highest BCUT2D eigenvalue weighted by Gasteiger charge is 2.23. The average molecular weight is 411 g/mol. The van der Waals surface area contributed by atoms with E-state index >= 15 is 0 Å². The molecule has 0 atom stereocenters. The van der Waals surface area contributed by atoms with Crippen molar-refractivity contribution in [2.75, 3.05) is 26.3 Å². The maximum Gasteiger partial charge on any atom is 0.346 e. The van der Waals surface area contributed by atoms with E-state index in [1.165, 1.54) is 6.07 Å². The number of ether oxygens (including phenoxy) is 2. The van der Waals surface area contributed by atoms with Gasteiger partial charge in [-0.3, -0.25) is 9.59 Å². The summed E-state index contributed by atoms with van der Waals surface area (Å²) in [4.78, 5) is 46.6. The molecule has 2 aromatic carbocycles. The first-order valence-corrected chi connectivity index (χ1v) is 9.45. The highest BCUT2D eigenvalue weighted by molar-refractivity contribution is 6.02. The van der Waals surface area contributed by atoms with Gasteiger partial charge in [-0.15, -0.1) is 0 Å². The zero-order valence-corrected chi connectivity index (χ0v) is 16.2. The van der Waals surface area contributed by atoms with Crippen molar-refractivity contribution in [2.45, 2.75) is 12.8 Å². The lowest BCUT2D eigenvalue weighted by Crippen LogP contribution is -2.41. The van der Waals surface area contributed by atoms with Crippen LogP contribution in [-0.2, 0) is 31.9 Å². The van der Waals surface area contributed by atoms with E-state index < -0.39 is 17.9 Å². The number of esters is 2. The van der Waals surface area contributed by atoms with Crippen LogP contribution < -0.4 is 0 Å². The molecule has 0 aromatic heterocycles. The molecule has 8 heteroatoms. The Kier molecular flexibility index (Phi) is 6.92. The van der Waals surface area contributed by atoms with Gasteiger partial charge < -0.3 is 19.5 Å². The van der Waals surface area contributed by atoms with Crippen LogP contribution in [0.25, 0.3) is 0 Å². The number of cyclic esters (lactones) is 2. The van der Waals surface area contributed by atoms with Gasteiger partial charge in [-0.05, 0) is 23.3 Å². The number of amides is 1. The van der Waals surface area contributed by atoms with Gasteiger partial charge in [-0.25, -0.2) is 9.59 Å². The van der Waals surface area contributed by atoms with Gasteiger partial charge in [0.05, 0.1) is 37.2 Å². The maximum absolute atomic E-state index is 12.0. The summed E-state index contributed by atoms with van der Waals surface area (Å²) in [5, 5.41) is 9.04. The Balaban J connectivity index is 0.000000184. The molecule has 8 nitrogen and oxygen atoms in total. The van der Waals surface area contributed by atoms with E-state index in [1.54, 1.807) is 47.4 Å². The number of carboxylic acid groups (broad SMARTS) is 1. The lowest BCUT2D eigenvalue weighted by atomic mass is 10.0. The number of carbonyl (C=O) groups is 4. The number of fused-ring (bicyclic) bond motifs is 1. The molecule has 1 fully saturated rings. The average Bonchev–Trinajstić information content (AvgIpc) is 2.75. The first-order chi connectivity index (χ1) is 14.5. The topological polar surface area (TPSA) is 110 Å². The molecule has 0 spiro atoms. The fourth-order valence-corrected chi connectivity index (χ4v) is 3.19. The van der Waals surface area contributed by atoms with Crippen LogP contribution in [0.5, 0.6) is 0 Å². The molecule has 1 amide bonds. The first kappa shape index (κ1) is 21.2. The van der Waals surface area contributed by atoms with E-state index in [0.717, 1.165) is 5.56 Å². The standard InChI is InChI=1S/C13H15NO4.C9H6O3/c15-12(14-5-7-18-8-6-14)9-10-3-1-2-4-11(10)13(16)17;10-8-5-6-3-1-2-4-7(6)9(11)12-8/h1-4H,5-9H2,(H,16,17);1-4H,5H2. The number of hydrogen-bond acceptors (Lipinski definition) is 6. The van der Waals surface area contributed by atoms with E-state index in [-0.39, 0.29) is 24.3 Å². The normalized spacial score (nSPS) is 15.4. The second kappa shape index (κ2) is 9.80. The molecule has 2 aromatic rings. The van der Waals surface area contributed by atoms with Crippen molar-refractivity contribution in [3.8, 4) is 0 Å². The monoisotopic (exact) mass is 411 g/mol. The van der Waals surface area contributed by atoms with Gasteiger partial charge in [0.25, 0.3) is 0 Å². The summed E-state index contributed by atoms with van der Waals surface area (Å²) in [6.45, 7) is 2.25. The molecule has 0 radical (unpaired) electrons. The van der Waals surface area contributed by atoms with E-state index in [9.17, 15) is 19.2 Å². The summed E-state index contributed by atoms with van der Waals surface area (Å²) < 4.78 is 9.61. The summed E-state index contributed by atoms with van der Waals surface area (Å²) in [5.41, 5.74) is 2.00. The third-order valence-electron chi connectivity index (χ3n) is 4.73. The number of hydrogen-bond donors (Lipinski definition) is 1. The number of carbonyl (C=O) groups excluding carboxylic acids is 3. The largest absolute Gasteiger partial charge is 0.478 e. The lowest BCUT2D eigenvalue weighted by molar-refractivity contribution is -0.138. The fourth-order valence-electron chi connectivity index (χ4n) is 3.19. The molecule has 4 rings (SSSR count). The Morgan fingerprint density at radius 2 is 1.63 bits per heavy atom. The van der Waals surface area contributed by atoms with E-state index in [0.29, 0.717) is 37.4 Å². The molecule has 30 heavy (non-hydrogen) atoms. The molecular weight excluding hydrogens is 390 g/mol. The highest BCUT2D eigenvalue weighted by Crippen LogP contribution is 2.16. The van der Waals surface area contributed by atoms with Crippen molar-refractivity contribution in [3.05, 3.63) is 70.8 Å². The molecule has 1 saturated heterocycles. The molecular formula is C22H21NO7. The van der Waals surface area contributed by atoms with Gasteiger partial charge in [0.1, 0.15) is 0 Å². The Labute approximate surface area is 173 Å². The van der Waals surface area contributed by atoms with Crippen molar-refractivity contribution >= 4 is 23.8 Å². The Bertz CT molecular complexity index is 963. The predicted octanol–water partition coefficient (Wildman–Crippen LogP) is 1.71. The fraction of sp³-hybridized carbons (Fsp3) is 0.273. The molecule has 2 heterocycles. The number of rotatable bonds is 3. The lowest BCUT2D eigenvalue weighted by Gasteiger charge is -2.27. The van der Waals surface area contributed by atoms with Crippen LogP contribution in [0.2, 0.25) is 0 Å². The maximum atomic E-state index is 12.0. The predicted molar refractivity (Wildman–Crippen MR) is 105 cm³/mol. The molecule has 0 unspecified atom stereocenters. The molecule has 2 aliphatic rings. The Hall–Kier alpha value is -3.52. The van der Waals surface area contributed by atoms with Gasteiger partial charge in [-0.2, -0.15) is 0 Å². The van der Waals surface area contributed by atoms with Crippen molar-refractivity contribution in [2.24, 2.45) is 0 Å². The highest BCUT2D eigenvalue weighted by atomic mass is 16.6. The summed E-state index contributed by atoms with van der Waals surface area (Å²) in [7, 11) is 0. The first-order valence-electron chi connectivity index (χ1n) is 9.45. The number of benzene rings is 2. The SMILES string of the molecule is O=C(O)c1ccccc1CC(=O)N1CCOCC1.O=C1Cc2ccccc2C(=O)O1. The summed E-state index contributed by atoms with van der Waals surface area (Å²) in [5.74, 6) is -2.06. The second-order valence-corrected chi connectivity index (χ2v) is 6.73. The van der Waals surface area contributed by atoms with Gasteiger partial charge >= 0.3 is 17.9 Å². The summed E-state index contributed by atoms with van der Waals surface area (Å²) in [6, 6.07) is 13.6. The summed E-state index contributed by atoms with van der Waals surface area (Å²) in [6.07, 6.45) is 0.324. The van der Waals surface area contributed by atoms with Crippen molar-refractivity contribution in [1.29, 1.82) is 0 Å². The van der Waals surface area contributed by atoms with Crippen LogP contribution in [0.4, 0.5) is 0 Å². The Morgan fingerprint density at radius 3 is 2.37 bits per heavy atom. The minimum Gasteiger partial charge on any atom is -0.478 e. The van der Waals surface area contributed by atoms with Crippen LogP contribution in [0.3, 0.4) is 0 Å². The molecule has 2 aliphatic heterocycles. The van der Waals surface area contributed by atoms with Crippen molar-refractivity contribution in [1.82, 2.24) is 4.90 Å². The minimum atomic E-state index is -1.000. The zero-order chi connectivity index (χ0) is 21.5. The van der Waals surface area contributed by atoms with Crippen molar-refractivity contribution in [3.63, 3.8) is 0 Å². The molecule has 0 saturated carbocycles. The van der Waals surface area contributed by atoms with E-state index in [2.05, 4.69) is 4.74 Å². The smallest absolute Gasteiger partial charge is 0.346 e. The second-order valence-electron chi connectivity index (χ2n) is 6.73. The molecule has 156 valence electrons. The van der Waals surface area contributed by atoms with Crippen LogP contribution in [0.15, 0.2) is 48.5 Å². The van der Waals surface area contributed by atoms with Crippen molar-refractivity contribution < 1.29 is 33.8 Å². The quantitative estimate of drug-likeness (QED) is 0.605. The third-order valence-corrected chi connectivity index (χ3v) is 4.73. The number of carboxylic acids is 1. The number of nitrogens with zero attached hydrogens (tertiary/aromatic N) is 1. The summed E-state index contributed by atoms with van der Waals surface area (Å²) >= 11 is 0. The number of aromatic carboxylic acids is 1.